The smallest absolute Gasteiger partial charge is 0.343 e. The fourth-order valence-corrected chi connectivity index (χ4v) is 4.07. The van der Waals surface area contributed by atoms with E-state index in [4.69, 9.17) is 9.47 Å². The predicted octanol–water partition coefficient (Wildman–Crippen LogP) is 3.65. The molecule has 0 aliphatic carbocycles. The van der Waals surface area contributed by atoms with Crippen LogP contribution in [0.5, 0.6) is 0 Å². The minimum absolute atomic E-state index is 0.0350. The molecule has 0 saturated carbocycles. The van der Waals surface area contributed by atoms with E-state index in [1.807, 2.05) is 6.92 Å². The molecule has 142 valence electrons. The van der Waals surface area contributed by atoms with Crippen LogP contribution < -0.4 is 0 Å². The highest BCUT2D eigenvalue weighted by molar-refractivity contribution is 7.99. The van der Waals surface area contributed by atoms with Crippen LogP contribution in [-0.4, -0.2) is 40.0 Å². The number of aromatic nitrogens is 2. The normalized spacial score (nSPS) is 25.0. The summed E-state index contributed by atoms with van der Waals surface area (Å²) in [5, 5.41) is -0.419. The van der Waals surface area contributed by atoms with E-state index in [1.165, 1.54) is 0 Å². The third-order valence-electron chi connectivity index (χ3n) is 4.39. The molecular formula is C18H15F3N2O3S. The Kier molecular flexibility index (Phi) is 4.69. The summed E-state index contributed by atoms with van der Waals surface area (Å²) in [6, 6.07) is 7.98. The van der Waals surface area contributed by atoms with Gasteiger partial charge >= 0.3 is 6.18 Å². The molecule has 1 aromatic carbocycles. The number of fused-ring (bicyclic) bond motifs is 2. The lowest BCUT2D eigenvalue weighted by Gasteiger charge is -2.25. The zero-order valence-corrected chi connectivity index (χ0v) is 15.0. The third-order valence-corrected chi connectivity index (χ3v) is 5.56. The number of alkyl halides is 3. The number of thioether (sulfide) groups is 1. The number of hydrogen-bond acceptors (Lipinski definition) is 6. The zero-order valence-electron chi connectivity index (χ0n) is 14.2. The zero-order chi connectivity index (χ0) is 19.2. The molecule has 9 heteroatoms. The van der Waals surface area contributed by atoms with Gasteiger partial charge in [-0.15, -0.1) is 0 Å². The fourth-order valence-electron chi connectivity index (χ4n) is 2.96. The second-order valence-corrected chi connectivity index (χ2v) is 7.66. The molecule has 0 unspecified atom stereocenters. The molecule has 27 heavy (non-hydrogen) atoms. The van der Waals surface area contributed by atoms with Crippen molar-refractivity contribution >= 4 is 17.5 Å². The van der Waals surface area contributed by atoms with Gasteiger partial charge in [-0.05, 0) is 13.0 Å². The number of ketones is 1. The van der Waals surface area contributed by atoms with Gasteiger partial charge in [0.25, 0.3) is 0 Å². The summed E-state index contributed by atoms with van der Waals surface area (Å²) >= 11 is 1.02. The van der Waals surface area contributed by atoms with Crippen molar-refractivity contribution in [2.45, 2.75) is 42.3 Å². The first kappa shape index (κ1) is 18.4. The molecule has 1 aromatic heterocycles. The summed E-state index contributed by atoms with van der Waals surface area (Å²) in [6.07, 6.45) is -5.66. The van der Waals surface area contributed by atoms with Gasteiger partial charge in [-0.25, -0.2) is 9.97 Å². The average molecular weight is 396 g/mol. The average Bonchev–Trinajstić information content (AvgIpc) is 3.05. The lowest BCUT2D eigenvalue weighted by molar-refractivity contribution is -0.151. The lowest BCUT2D eigenvalue weighted by Crippen LogP contribution is -2.37. The van der Waals surface area contributed by atoms with Gasteiger partial charge in [0.15, 0.2) is 10.9 Å². The monoisotopic (exact) mass is 396 g/mol. The van der Waals surface area contributed by atoms with Gasteiger partial charge < -0.3 is 9.47 Å². The van der Waals surface area contributed by atoms with E-state index < -0.39 is 18.2 Å². The van der Waals surface area contributed by atoms with Crippen LogP contribution in [0.3, 0.4) is 0 Å². The van der Waals surface area contributed by atoms with Crippen LogP contribution in [0.4, 0.5) is 13.2 Å². The molecule has 0 amide bonds. The second kappa shape index (κ2) is 6.88. The summed E-state index contributed by atoms with van der Waals surface area (Å²) in [5.41, 5.74) is 0.727. The first-order valence-corrected chi connectivity index (χ1v) is 9.17. The molecular weight excluding hydrogens is 381 g/mol. The summed E-state index contributed by atoms with van der Waals surface area (Å²) < 4.78 is 50.6. The van der Waals surface area contributed by atoms with Crippen molar-refractivity contribution in [2.24, 2.45) is 0 Å². The number of Topliss-reactive ketones (excluding diaryl/α,β-unsaturated/α-hetero) is 1. The molecule has 2 bridgehead atoms. The number of halogens is 3. The SMILES string of the molecule is Cc1ccc(-c2cc(C(F)(F)F)nc(S[C@H]3CC(=O)[C@H]4OC[C@H]3O4)n2)cc1. The maximum Gasteiger partial charge on any atom is 0.433 e. The highest BCUT2D eigenvalue weighted by Gasteiger charge is 2.44. The van der Waals surface area contributed by atoms with Crippen molar-refractivity contribution in [3.63, 3.8) is 0 Å². The van der Waals surface area contributed by atoms with Crippen molar-refractivity contribution in [2.75, 3.05) is 6.61 Å². The Labute approximate surface area is 157 Å². The molecule has 2 aliphatic rings. The van der Waals surface area contributed by atoms with Crippen molar-refractivity contribution in [1.82, 2.24) is 9.97 Å². The maximum atomic E-state index is 13.3. The number of hydrogen-bond donors (Lipinski definition) is 0. The van der Waals surface area contributed by atoms with Gasteiger partial charge in [-0.2, -0.15) is 13.2 Å². The Hall–Kier alpha value is -1.97. The van der Waals surface area contributed by atoms with E-state index in [0.29, 0.717) is 5.56 Å². The van der Waals surface area contributed by atoms with Crippen LogP contribution in [0.2, 0.25) is 0 Å². The van der Waals surface area contributed by atoms with Crippen LogP contribution in [0.15, 0.2) is 35.5 Å². The van der Waals surface area contributed by atoms with Gasteiger partial charge in [0, 0.05) is 17.2 Å². The number of carbonyl (C=O) groups is 1. The van der Waals surface area contributed by atoms with E-state index in [-0.39, 0.29) is 41.0 Å². The molecule has 3 atom stereocenters. The van der Waals surface area contributed by atoms with Crippen molar-refractivity contribution in [1.29, 1.82) is 0 Å². The number of ether oxygens (including phenoxy) is 2. The first-order valence-electron chi connectivity index (χ1n) is 8.29. The Balaban J connectivity index is 1.68. The van der Waals surface area contributed by atoms with Gasteiger partial charge in [0.2, 0.25) is 6.29 Å². The summed E-state index contributed by atoms with van der Waals surface area (Å²) in [4.78, 5) is 19.9. The van der Waals surface area contributed by atoms with Crippen LogP contribution in [0, 0.1) is 6.92 Å². The highest BCUT2D eigenvalue weighted by Crippen LogP contribution is 2.37. The van der Waals surface area contributed by atoms with Crippen LogP contribution >= 0.6 is 11.8 Å². The quantitative estimate of drug-likeness (QED) is 0.739. The summed E-state index contributed by atoms with van der Waals surface area (Å²) in [6.45, 7) is 2.13. The molecule has 0 spiro atoms. The van der Waals surface area contributed by atoms with E-state index in [9.17, 15) is 18.0 Å². The van der Waals surface area contributed by atoms with Crippen molar-refractivity contribution in [3.8, 4) is 11.3 Å². The highest BCUT2D eigenvalue weighted by atomic mass is 32.2. The van der Waals surface area contributed by atoms with Crippen molar-refractivity contribution in [3.05, 3.63) is 41.6 Å². The Morgan fingerprint density at radius 2 is 1.93 bits per heavy atom. The van der Waals surface area contributed by atoms with Crippen LogP contribution in [-0.2, 0) is 20.4 Å². The van der Waals surface area contributed by atoms with Gasteiger partial charge in [-0.3, -0.25) is 4.79 Å². The Bertz CT molecular complexity index is 873. The minimum Gasteiger partial charge on any atom is -0.343 e. The van der Waals surface area contributed by atoms with Crippen LogP contribution in [0.25, 0.3) is 11.3 Å². The van der Waals surface area contributed by atoms with Gasteiger partial charge in [0.1, 0.15) is 5.69 Å². The summed E-state index contributed by atoms with van der Waals surface area (Å²) in [7, 11) is 0. The van der Waals surface area contributed by atoms with E-state index >= 15 is 0 Å². The minimum atomic E-state index is -4.60. The molecule has 2 aliphatic heterocycles. The lowest BCUT2D eigenvalue weighted by atomic mass is 10.1. The fraction of sp³-hybridized carbons (Fsp3) is 0.389. The number of nitrogens with zero attached hydrogens (tertiary/aromatic N) is 2. The molecule has 2 aromatic rings. The first-order chi connectivity index (χ1) is 12.8. The molecule has 3 heterocycles. The topological polar surface area (TPSA) is 61.3 Å². The molecule has 5 nitrogen and oxygen atoms in total. The van der Waals surface area contributed by atoms with Crippen molar-refractivity contribution < 1.29 is 27.4 Å². The van der Waals surface area contributed by atoms with E-state index in [2.05, 4.69) is 9.97 Å². The number of rotatable bonds is 3. The predicted molar refractivity (Wildman–Crippen MR) is 91.1 cm³/mol. The molecule has 4 rings (SSSR count). The van der Waals surface area contributed by atoms with Gasteiger partial charge in [0.05, 0.1) is 18.4 Å². The van der Waals surface area contributed by atoms with E-state index in [1.54, 1.807) is 24.3 Å². The standard InChI is InChI=1S/C18H15F3N2O3S/c1-9-2-4-10(5-3-9)11-6-15(18(19,20)21)23-17(22-11)27-14-7-12(24)16-25-8-13(14)26-16/h2-6,13-14,16H,7-8H2,1H3/t13-,14+,16+/m1/s1. The number of carbonyl (C=O) groups excluding carboxylic acids is 1. The maximum absolute atomic E-state index is 13.3. The molecule has 2 fully saturated rings. The Morgan fingerprint density at radius 3 is 2.63 bits per heavy atom. The summed E-state index contributed by atoms with van der Waals surface area (Å²) in [5.74, 6) is -0.216. The molecule has 2 saturated heterocycles. The van der Waals surface area contributed by atoms with Crippen LogP contribution in [0.1, 0.15) is 17.7 Å². The second-order valence-electron chi connectivity index (χ2n) is 6.45. The number of aryl methyl sites for hydroxylation is 1. The Morgan fingerprint density at radius 1 is 1.19 bits per heavy atom. The third kappa shape index (κ3) is 3.85. The number of benzene rings is 1. The molecule has 0 N–H and O–H groups in total. The largest absolute Gasteiger partial charge is 0.433 e. The van der Waals surface area contributed by atoms with E-state index in [0.717, 1.165) is 23.4 Å². The van der Waals surface area contributed by atoms with Gasteiger partial charge in [-0.1, -0.05) is 41.6 Å². The molecule has 0 radical (unpaired) electrons.